The SMILES string of the molecule is c1ccc(-c2nc(-c3ccccc3)nc(-c3c(-c4cccc5ccccc45)cc(-n4c5ccccc5c5cc6ccccc6cc54)c4ccccc34)n2)cc1. The van der Waals surface area contributed by atoms with Crippen molar-refractivity contribution in [3.63, 3.8) is 0 Å². The Kier molecular flexibility index (Phi) is 7.14. The number of benzene rings is 9. The molecule has 0 bridgehead atoms. The highest BCUT2D eigenvalue weighted by Crippen LogP contribution is 2.45. The molecule has 0 fully saturated rings. The number of para-hydroxylation sites is 1. The van der Waals surface area contributed by atoms with Gasteiger partial charge in [-0.3, -0.25) is 0 Å². The summed E-state index contributed by atoms with van der Waals surface area (Å²) in [6.45, 7) is 0. The molecule has 4 heteroatoms. The molecule has 55 heavy (non-hydrogen) atoms. The lowest BCUT2D eigenvalue weighted by Crippen LogP contribution is -2.03. The lowest BCUT2D eigenvalue weighted by molar-refractivity contribution is 1.08. The number of fused-ring (bicyclic) bond motifs is 6. The minimum atomic E-state index is 0.631. The van der Waals surface area contributed by atoms with Crippen LogP contribution in [0.2, 0.25) is 0 Å². The van der Waals surface area contributed by atoms with E-state index >= 15 is 0 Å². The summed E-state index contributed by atoms with van der Waals surface area (Å²) in [6, 6.07) is 68.8. The molecule has 0 unspecified atom stereocenters. The van der Waals surface area contributed by atoms with Crippen LogP contribution in [-0.4, -0.2) is 19.5 Å². The molecule has 0 atom stereocenters. The summed E-state index contributed by atoms with van der Waals surface area (Å²) in [5, 5.41) is 9.41. The maximum Gasteiger partial charge on any atom is 0.165 e. The van der Waals surface area contributed by atoms with Gasteiger partial charge in [-0.25, -0.2) is 15.0 Å². The first kappa shape index (κ1) is 31.1. The van der Waals surface area contributed by atoms with E-state index in [1.165, 1.54) is 37.8 Å². The van der Waals surface area contributed by atoms with Gasteiger partial charge in [-0.15, -0.1) is 0 Å². The highest BCUT2D eigenvalue weighted by atomic mass is 15.0. The standard InChI is InChI=1S/C51H32N4/c1-3-17-34(18-4-1)49-52-50(35-19-5-2-6-20-35)54-51(53-49)48-42-27-12-11-25-40(42)47(32-44(48)39-28-15-23-33-16-9-10-24-38(33)39)55-45-29-14-13-26-41(45)43-30-36-21-7-8-22-37(36)31-46(43)55/h1-32H. The van der Waals surface area contributed by atoms with Crippen molar-refractivity contribution < 1.29 is 0 Å². The van der Waals surface area contributed by atoms with Crippen LogP contribution in [0.25, 0.3) is 105 Å². The highest BCUT2D eigenvalue weighted by molar-refractivity contribution is 6.16. The second-order valence-electron chi connectivity index (χ2n) is 14.0. The fraction of sp³-hybridized carbons (Fsp3) is 0. The van der Waals surface area contributed by atoms with Gasteiger partial charge in [0.05, 0.1) is 16.7 Å². The minimum Gasteiger partial charge on any atom is -0.309 e. The third-order valence-corrected chi connectivity index (χ3v) is 10.8. The molecule has 0 amide bonds. The molecule has 0 spiro atoms. The lowest BCUT2D eigenvalue weighted by Gasteiger charge is -2.20. The molecule has 256 valence electrons. The van der Waals surface area contributed by atoms with Crippen molar-refractivity contribution in [3.05, 3.63) is 194 Å². The van der Waals surface area contributed by atoms with Gasteiger partial charge in [0, 0.05) is 32.8 Å². The topological polar surface area (TPSA) is 43.6 Å². The average Bonchev–Trinajstić information content (AvgIpc) is 3.58. The third kappa shape index (κ3) is 5.11. The quantitative estimate of drug-likeness (QED) is 0.179. The minimum absolute atomic E-state index is 0.631. The second-order valence-corrected chi connectivity index (χ2v) is 14.0. The highest BCUT2D eigenvalue weighted by Gasteiger charge is 2.24. The van der Waals surface area contributed by atoms with Crippen molar-refractivity contribution in [3.8, 4) is 51.0 Å². The van der Waals surface area contributed by atoms with Crippen LogP contribution in [0.3, 0.4) is 0 Å². The zero-order valence-corrected chi connectivity index (χ0v) is 29.8. The molecule has 2 heterocycles. The molecule has 0 aliphatic carbocycles. The largest absolute Gasteiger partial charge is 0.309 e. The molecule has 0 saturated carbocycles. The van der Waals surface area contributed by atoms with Crippen LogP contribution in [0.1, 0.15) is 0 Å². The van der Waals surface area contributed by atoms with E-state index in [1.54, 1.807) is 0 Å². The van der Waals surface area contributed by atoms with Crippen LogP contribution in [0.15, 0.2) is 194 Å². The van der Waals surface area contributed by atoms with Crippen molar-refractivity contribution in [1.29, 1.82) is 0 Å². The van der Waals surface area contributed by atoms with Gasteiger partial charge >= 0.3 is 0 Å². The number of nitrogens with zero attached hydrogens (tertiary/aromatic N) is 4. The van der Waals surface area contributed by atoms with Gasteiger partial charge in [-0.05, 0) is 62.3 Å². The fourth-order valence-electron chi connectivity index (χ4n) is 8.29. The normalized spacial score (nSPS) is 11.6. The summed E-state index contributed by atoms with van der Waals surface area (Å²) in [5.41, 5.74) is 8.45. The van der Waals surface area contributed by atoms with Crippen molar-refractivity contribution in [2.45, 2.75) is 0 Å². The van der Waals surface area contributed by atoms with Crippen LogP contribution < -0.4 is 0 Å². The van der Waals surface area contributed by atoms with Crippen LogP contribution >= 0.6 is 0 Å². The van der Waals surface area contributed by atoms with Gasteiger partial charge in [0.1, 0.15) is 0 Å². The van der Waals surface area contributed by atoms with Crippen LogP contribution in [0.5, 0.6) is 0 Å². The Balaban J connectivity index is 1.30. The summed E-state index contributed by atoms with van der Waals surface area (Å²) in [4.78, 5) is 15.7. The Labute approximate surface area is 317 Å². The molecule has 0 saturated heterocycles. The van der Waals surface area contributed by atoms with E-state index in [-0.39, 0.29) is 0 Å². The zero-order chi connectivity index (χ0) is 36.3. The number of hydrogen-bond acceptors (Lipinski definition) is 3. The molecule has 0 N–H and O–H groups in total. The lowest BCUT2D eigenvalue weighted by atomic mass is 9.89. The molecular formula is C51H32N4. The average molecular weight is 701 g/mol. The van der Waals surface area contributed by atoms with E-state index < -0.39 is 0 Å². The van der Waals surface area contributed by atoms with Crippen molar-refractivity contribution in [1.82, 2.24) is 19.5 Å². The van der Waals surface area contributed by atoms with Crippen LogP contribution in [0.4, 0.5) is 0 Å². The molecule has 0 radical (unpaired) electrons. The number of hydrogen-bond donors (Lipinski definition) is 0. The number of aromatic nitrogens is 4. The summed E-state index contributed by atoms with van der Waals surface area (Å²) >= 11 is 0. The summed E-state index contributed by atoms with van der Waals surface area (Å²) in [5.74, 6) is 1.90. The second kappa shape index (κ2) is 12.6. The summed E-state index contributed by atoms with van der Waals surface area (Å²) in [7, 11) is 0. The monoisotopic (exact) mass is 700 g/mol. The Morgan fingerprint density at radius 3 is 1.55 bits per heavy atom. The molecule has 0 aliphatic rings. The molecule has 4 nitrogen and oxygen atoms in total. The molecule has 0 aliphatic heterocycles. The molecule has 9 aromatic carbocycles. The van der Waals surface area contributed by atoms with E-state index in [0.29, 0.717) is 17.5 Å². The Morgan fingerprint density at radius 1 is 0.309 bits per heavy atom. The predicted molar refractivity (Wildman–Crippen MR) is 228 cm³/mol. The summed E-state index contributed by atoms with van der Waals surface area (Å²) < 4.78 is 2.45. The maximum absolute atomic E-state index is 5.31. The van der Waals surface area contributed by atoms with Gasteiger partial charge < -0.3 is 4.57 Å². The first-order valence-corrected chi connectivity index (χ1v) is 18.6. The van der Waals surface area contributed by atoms with Gasteiger partial charge in [0.2, 0.25) is 0 Å². The first-order chi connectivity index (χ1) is 27.3. The van der Waals surface area contributed by atoms with E-state index in [1.807, 2.05) is 36.4 Å². The smallest absolute Gasteiger partial charge is 0.165 e. The van der Waals surface area contributed by atoms with E-state index in [0.717, 1.165) is 49.8 Å². The molecular weight excluding hydrogens is 669 g/mol. The van der Waals surface area contributed by atoms with Crippen LogP contribution in [0, 0.1) is 0 Å². The van der Waals surface area contributed by atoms with Crippen molar-refractivity contribution >= 4 is 54.1 Å². The van der Waals surface area contributed by atoms with E-state index in [9.17, 15) is 0 Å². The van der Waals surface area contributed by atoms with Gasteiger partial charge in [0.25, 0.3) is 0 Å². The van der Waals surface area contributed by atoms with Crippen molar-refractivity contribution in [2.75, 3.05) is 0 Å². The van der Waals surface area contributed by atoms with Crippen molar-refractivity contribution in [2.24, 2.45) is 0 Å². The first-order valence-electron chi connectivity index (χ1n) is 18.6. The Hall–Kier alpha value is -7.43. The van der Waals surface area contributed by atoms with Crippen LogP contribution in [-0.2, 0) is 0 Å². The fourth-order valence-corrected chi connectivity index (χ4v) is 8.29. The van der Waals surface area contributed by atoms with Gasteiger partial charge in [-0.2, -0.15) is 0 Å². The predicted octanol–water partition coefficient (Wildman–Crippen LogP) is 13.1. The Bertz CT molecular complexity index is 3190. The van der Waals surface area contributed by atoms with Gasteiger partial charge in [0.15, 0.2) is 17.5 Å². The summed E-state index contributed by atoms with van der Waals surface area (Å²) in [6.07, 6.45) is 0. The van der Waals surface area contributed by atoms with Gasteiger partial charge in [-0.1, -0.05) is 170 Å². The zero-order valence-electron chi connectivity index (χ0n) is 29.8. The Morgan fingerprint density at radius 2 is 0.836 bits per heavy atom. The molecule has 2 aromatic heterocycles. The maximum atomic E-state index is 5.31. The molecule has 11 aromatic rings. The number of rotatable bonds is 5. The van der Waals surface area contributed by atoms with E-state index in [4.69, 9.17) is 15.0 Å². The molecule has 11 rings (SSSR count). The van der Waals surface area contributed by atoms with E-state index in [2.05, 4.69) is 162 Å². The third-order valence-electron chi connectivity index (χ3n) is 10.8.